The molecular formula is C27H31ClF3N7O3. The summed E-state index contributed by atoms with van der Waals surface area (Å²) in [4.78, 5) is 26.6. The molecule has 2 aromatic heterocycles. The number of hydrogen-bond acceptors (Lipinski definition) is 6. The minimum absolute atomic E-state index is 0.0376. The average Bonchev–Trinajstić information content (AvgIpc) is 3.55. The van der Waals surface area contributed by atoms with Gasteiger partial charge in [-0.3, -0.25) is 9.48 Å². The van der Waals surface area contributed by atoms with Crippen LogP contribution in [0.25, 0.3) is 11.3 Å². The lowest BCUT2D eigenvalue weighted by Crippen LogP contribution is -2.43. The third-order valence-electron chi connectivity index (χ3n) is 7.58. The molecule has 0 unspecified atom stereocenters. The van der Waals surface area contributed by atoms with Gasteiger partial charge in [-0.15, -0.1) is 0 Å². The molecule has 2 amide bonds. The summed E-state index contributed by atoms with van der Waals surface area (Å²) < 4.78 is 48.0. The standard InChI is InChI=1S/C27H31ClF3N7O3/c1-25(2,3)41-24(40)36-7-6-26(14-36)9-18(10-26)38-22(32)20(23(33)39)21(35-38)16-11-34-37(13-16)12-15-8-17(27(29,30)31)4-5-19(15)28/h4-5,8,11,13,18H,6-7,9-10,12,14,32H2,1-3H3,(H2,33,39)/t18-,26-. The van der Waals surface area contributed by atoms with Crippen molar-refractivity contribution < 1.29 is 27.5 Å². The summed E-state index contributed by atoms with van der Waals surface area (Å²) in [5, 5.41) is 9.02. The molecule has 1 saturated carbocycles. The number of nitrogen functional groups attached to an aromatic ring is 1. The molecule has 1 saturated heterocycles. The largest absolute Gasteiger partial charge is 0.444 e. The van der Waals surface area contributed by atoms with Gasteiger partial charge in [0.2, 0.25) is 0 Å². The van der Waals surface area contributed by atoms with Crippen LogP contribution in [0.2, 0.25) is 5.02 Å². The molecule has 10 nitrogen and oxygen atoms in total. The second-order valence-corrected chi connectivity index (χ2v) is 12.3. The minimum atomic E-state index is -4.51. The van der Waals surface area contributed by atoms with Crippen LogP contribution < -0.4 is 11.5 Å². The molecule has 1 aromatic carbocycles. The quantitative estimate of drug-likeness (QED) is 0.422. The lowest BCUT2D eigenvalue weighted by Gasteiger charge is -2.45. The Bertz CT molecular complexity index is 1500. The summed E-state index contributed by atoms with van der Waals surface area (Å²) >= 11 is 6.14. The number of likely N-dealkylation sites (tertiary alicyclic amines) is 1. The zero-order valence-corrected chi connectivity index (χ0v) is 23.6. The highest BCUT2D eigenvalue weighted by molar-refractivity contribution is 6.31. The summed E-state index contributed by atoms with van der Waals surface area (Å²) in [6.07, 6.45) is 0.391. The molecule has 0 atom stereocenters. The summed E-state index contributed by atoms with van der Waals surface area (Å²) in [5.74, 6) is -0.633. The molecule has 3 aromatic rings. The number of alkyl halides is 3. The van der Waals surface area contributed by atoms with Gasteiger partial charge in [0.1, 0.15) is 22.7 Å². The Morgan fingerprint density at radius 1 is 1.22 bits per heavy atom. The molecule has 1 aliphatic heterocycles. The monoisotopic (exact) mass is 593 g/mol. The van der Waals surface area contributed by atoms with Gasteiger partial charge in [-0.2, -0.15) is 23.4 Å². The topological polar surface area (TPSA) is 134 Å². The molecule has 2 aliphatic rings. The molecular weight excluding hydrogens is 563 g/mol. The third-order valence-corrected chi connectivity index (χ3v) is 7.95. The number of benzene rings is 1. The zero-order chi connectivity index (χ0) is 29.9. The van der Waals surface area contributed by atoms with Crippen LogP contribution in [0.5, 0.6) is 0 Å². The molecule has 14 heteroatoms. The van der Waals surface area contributed by atoms with Gasteiger partial charge in [0.05, 0.1) is 24.3 Å². The van der Waals surface area contributed by atoms with Crippen LogP contribution in [-0.2, 0) is 17.5 Å². The highest BCUT2D eigenvalue weighted by atomic mass is 35.5. The van der Waals surface area contributed by atoms with Crippen LogP contribution in [0.3, 0.4) is 0 Å². The number of carbonyl (C=O) groups is 2. The van der Waals surface area contributed by atoms with Crippen LogP contribution in [-0.4, -0.2) is 55.2 Å². The van der Waals surface area contributed by atoms with Crippen molar-refractivity contribution in [2.75, 3.05) is 18.8 Å². The van der Waals surface area contributed by atoms with Crippen LogP contribution in [0.4, 0.5) is 23.8 Å². The minimum Gasteiger partial charge on any atom is -0.444 e. The Morgan fingerprint density at radius 3 is 2.56 bits per heavy atom. The van der Waals surface area contributed by atoms with E-state index in [-0.39, 0.29) is 51.8 Å². The van der Waals surface area contributed by atoms with Gasteiger partial charge in [0, 0.05) is 29.9 Å². The van der Waals surface area contributed by atoms with E-state index in [1.165, 1.54) is 16.9 Å². The van der Waals surface area contributed by atoms with E-state index in [2.05, 4.69) is 10.2 Å². The molecule has 4 N–H and O–H groups in total. The second kappa shape index (κ2) is 9.97. The fourth-order valence-corrected chi connectivity index (χ4v) is 5.83. The van der Waals surface area contributed by atoms with Crippen LogP contribution in [0.15, 0.2) is 30.6 Å². The smallest absolute Gasteiger partial charge is 0.416 e. The van der Waals surface area contributed by atoms with E-state index in [0.717, 1.165) is 18.6 Å². The Balaban J connectivity index is 1.33. The lowest BCUT2D eigenvalue weighted by atomic mass is 9.65. The molecule has 220 valence electrons. The van der Waals surface area contributed by atoms with Crippen molar-refractivity contribution in [3.63, 3.8) is 0 Å². The van der Waals surface area contributed by atoms with E-state index < -0.39 is 23.2 Å². The van der Waals surface area contributed by atoms with Crippen LogP contribution in [0, 0.1) is 5.41 Å². The molecule has 0 radical (unpaired) electrons. The van der Waals surface area contributed by atoms with Crippen LogP contribution >= 0.6 is 11.6 Å². The fourth-order valence-electron chi connectivity index (χ4n) is 5.65. The highest BCUT2D eigenvalue weighted by Crippen LogP contribution is 2.55. The van der Waals surface area contributed by atoms with Gasteiger partial charge in [-0.05, 0) is 69.2 Å². The Hall–Kier alpha value is -3.74. The van der Waals surface area contributed by atoms with Crippen molar-refractivity contribution in [2.45, 2.75) is 64.4 Å². The summed E-state index contributed by atoms with van der Waals surface area (Å²) in [6.45, 7) is 6.62. The number of nitrogens with two attached hydrogens (primary N) is 2. The van der Waals surface area contributed by atoms with Gasteiger partial charge in [0.25, 0.3) is 5.91 Å². The number of rotatable bonds is 5. The van der Waals surface area contributed by atoms with Gasteiger partial charge < -0.3 is 21.1 Å². The third kappa shape index (κ3) is 5.72. The van der Waals surface area contributed by atoms with Crippen molar-refractivity contribution >= 4 is 29.4 Å². The maximum absolute atomic E-state index is 13.2. The number of nitrogens with zero attached hydrogens (tertiary/aromatic N) is 5. The van der Waals surface area contributed by atoms with Crippen molar-refractivity contribution in [2.24, 2.45) is 11.1 Å². The van der Waals surface area contributed by atoms with Crippen molar-refractivity contribution in [3.8, 4) is 11.3 Å². The number of primary amides is 1. The van der Waals surface area contributed by atoms with Gasteiger partial charge in [-0.1, -0.05) is 11.6 Å². The van der Waals surface area contributed by atoms with E-state index in [1.807, 2.05) is 20.8 Å². The predicted octanol–water partition coefficient (Wildman–Crippen LogP) is 5.11. The number of halogens is 4. The molecule has 3 heterocycles. The normalized spacial score (nSPS) is 20.9. The van der Waals surface area contributed by atoms with E-state index >= 15 is 0 Å². The molecule has 2 fully saturated rings. The fraction of sp³-hybridized carbons (Fsp3) is 0.481. The molecule has 1 spiro atoms. The number of amides is 2. The molecule has 0 bridgehead atoms. The molecule has 5 rings (SSSR count). The maximum Gasteiger partial charge on any atom is 0.416 e. The Kier molecular flexibility index (Phi) is 6.99. The average molecular weight is 594 g/mol. The zero-order valence-electron chi connectivity index (χ0n) is 22.8. The number of aromatic nitrogens is 4. The lowest BCUT2D eigenvalue weighted by molar-refractivity contribution is -0.137. The number of carbonyl (C=O) groups excluding carboxylic acids is 2. The van der Waals surface area contributed by atoms with E-state index in [9.17, 15) is 22.8 Å². The van der Waals surface area contributed by atoms with Gasteiger partial charge in [-0.25, -0.2) is 9.48 Å². The number of ether oxygens (including phenoxy) is 1. The number of hydrogen-bond donors (Lipinski definition) is 2. The maximum atomic E-state index is 13.2. The van der Waals surface area contributed by atoms with E-state index in [1.54, 1.807) is 15.8 Å². The first-order chi connectivity index (χ1) is 19.1. The van der Waals surface area contributed by atoms with Crippen molar-refractivity contribution in [3.05, 3.63) is 52.3 Å². The Labute approximate surface area is 239 Å². The Morgan fingerprint density at radius 2 is 1.93 bits per heavy atom. The van der Waals surface area contributed by atoms with E-state index in [0.29, 0.717) is 31.5 Å². The van der Waals surface area contributed by atoms with Crippen molar-refractivity contribution in [1.82, 2.24) is 24.5 Å². The number of anilines is 1. The molecule has 41 heavy (non-hydrogen) atoms. The first kappa shape index (κ1) is 28.8. The summed E-state index contributed by atoms with van der Waals surface area (Å²) in [6, 6.07) is 2.99. The van der Waals surface area contributed by atoms with Crippen LogP contribution in [0.1, 0.15) is 67.6 Å². The first-order valence-electron chi connectivity index (χ1n) is 13.1. The first-order valence-corrected chi connectivity index (χ1v) is 13.5. The second-order valence-electron chi connectivity index (χ2n) is 11.9. The SMILES string of the molecule is CC(C)(C)OC(=O)N1CC[C@]2(C1)C[C@H](n1nc(-c3cnn(Cc4cc(C(F)(F)F)ccc4Cl)c3)c(C(N)=O)c1N)C2. The predicted molar refractivity (Wildman–Crippen MR) is 145 cm³/mol. The van der Waals surface area contributed by atoms with E-state index in [4.69, 9.17) is 27.8 Å². The highest BCUT2D eigenvalue weighted by Gasteiger charge is 2.51. The summed E-state index contributed by atoms with van der Waals surface area (Å²) in [7, 11) is 0. The van der Waals surface area contributed by atoms with Gasteiger partial charge in [0.15, 0.2) is 0 Å². The van der Waals surface area contributed by atoms with Crippen molar-refractivity contribution in [1.29, 1.82) is 0 Å². The molecule has 1 aliphatic carbocycles. The summed E-state index contributed by atoms with van der Waals surface area (Å²) in [5.41, 5.74) is 11.5. The van der Waals surface area contributed by atoms with Gasteiger partial charge >= 0.3 is 12.3 Å².